The maximum atomic E-state index is 12.8. The normalized spacial score (nSPS) is 11.5. The highest BCUT2D eigenvalue weighted by Crippen LogP contribution is 2.20. The zero-order valence-electron chi connectivity index (χ0n) is 14.0. The molecule has 0 spiro atoms. The van der Waals surface area contributed by atoms with E-state index in [1.54, 1.807) is 36.4 Å². The van der Waals surface area contributed by atoms with E-state index in [9.17, 15) is 9.59 Å². The maximum Gasteiger partial charge on any atom is 0.255 e. The first-order valence-corrected chi connectivity index (χ1v) is 8.84. The van der Waals surface area contributed by atoms with Crippen molar-refractivity contribution in [1.29, 1.82) is 0 Å². The number of halogens is 2. The van der Waals surface area contributed by atoms with Gasteiger partial charge in [-0.3, -0.25) is 9.59 Å². The number of nitrogens with zero attached hydrogens (tertiary/aromatic N) is 1. The number of anilines is 1. The molecule has 1 heterocycles. The molecular formula is C20H15Cl2N3O2. The van der Waals surface area contributed by atoms with E-state index in [1.807, 2.05) is 24.3 Å². The molecule has 2 N–H and O–H groups in total. The lowest BCUT2D eigenvalue weighted by atomic mass is 10.1. The lowest BCUT2D eigenvalue weighted by Crippen LogP contribution is -2.37. The SMILES string of the molecule is O=C(NC(C(=O)Nc1ccccc1)c1ccccc1)c1ccc(Cl)nc1Cl. The molecule has 27 heavy (non-hydrogen) atoms. The lowest BCUT2D eigenvalue weighted by molar-refractivity contribution is -0.118. The Hall–Kier alpha value is -2.89. The van der Waals surface area contributed by atoms with Gasteiger partial charge in [0.05, 0.1) is 5.56 Å². The average Bonchev–Trinajstić information content (AvgIpc) is 2.67. The van der Waals surface area contributed by atoms with Crippen LogP contribution in [-0.4, -0.2) is 16.8 Å². The summed E-state index contributed by atoms with van der Waals surface area (Å²) < 4.78 is 0. The molecule has 0 saturated heterocycles. The van der Waals surface area contributed by atoms with Gasteiger partial charge in [0, 0.05) is 5.69 Å². The summed E-state index contributed by atoms with van der Waals surface area (Å²) in [7, 11) is 0. The van der Waals surface area contributed by atoms with Crippen molar-refractivity contribution in [2.24, 2.45) is 0 Å². The predicted molar refractivity (Wildman–Crippen MR) is 106 cm³/mol. The second-order valence-corrected chi connectivity index (χ2v) is 6.39. The van der Waals surface area contributed by atoms with Crippen LogP contribution in [0.1, 0.15) is 22.0 Å². The summed E-state index contributed by atoms with van der Waals surface area (Å²) in [5.41, 5.74) is 1.40. The van der Waals surface area contributed by atoms with Gasteiger partial charge in [-0.2, -0.15) is 0 Å². The molecule has 0 radical (unpaired) electrons. The third-order valence-corrected chi connectivity index (χ3v) is 4.27. The summed E-state index contributed by atoms with van der Waals surface area (Å²) in [5.74, 6) is -0.903. The van der Waals surface area contributed by atoms with E-state index in [-0.39, 0.29) is 21.8 Å². The number of para-hydroxylation sites is 1. The molecule has 0 aliphatic carbocycles. The largest absolute Gasteiger partial charge is 0.336 e. The summed E-state index contributed by atoms with van der Waals surface area (Å²) in [5, 5.41) is 5.66. The number of carbonyl (C=O) groups is 2. The fraction of sp³-hybridized carbons (Fsp3) is 0.0500. The average molecular weight is 400 g/mol. The Bertz CT molecular complexity index is 950. The van der Waals surface area contributed by atoms with E-state index in [0.717, 1.165) is 0 Å². The van der Waals surface area contributed by atoms with Crippen molar-refractivity contribution in [3.63, 3.8) is 0 Å². The Kier molecular flexibility index (Phi) is 6.06. The zero-order valence-corrected chi connectivity index (χ0v) is 15.5. The molecule has 5 nitrogen and oxygen atoms in total. The van der Waals surface area contributed by atoms with Gasteiger partial charge in [-0.05, 0) is 29.8 Å². The number of hydrogen-bond acceptors (Lipinski definition) is 3. The molecule has 2 aromatic carbocycles. The van der Waals surface area contributed by atoms with Crippen molar-refractivity contribution < 1.29 is 9.59 Å². The van der Waals surface area contributed by atoms with Crippen LogP contribution < -0.4 is 10.6 Å². The van der Waals surface area contributed by atoms with Gasteiger partial charge in [0.15, 0.2) is 0 Å². The molecule has 136 valence electrons. The summed E-state index contributed by atoms with van der Waals surface area (Å²) in [6.07, 6.45) is 0. The van der Waals surface area contributed by atoms with Gasteiger partial charge in [-0.25, -0.2) is 4.98 Å². The number of benzene rings is 2. The molecule has 1 unspecified atom stereocenters. The van der Waals surface area contributed by atoms with Crippen molar-refractivity contribution in [1.82, 2.24) is 10.3 Å². The first-order chi connectivity index (χ1) is 13.0. The highest BCUT2D eigenvalue weighted by atomic mass is 35.5. The minimum Gasteiger partial charge on any atom is -0.336 e. The number of carbonyl (C=O) groups excluding carboxylic acids is 2. The molecular weight excluding hydrogens is 385 g/mol. The predicted octanol–water partition coefficient (Wildman–Crippen LogP) is 4.50. The van der Waals surface area contributed by atoms with Gasteiger partial charge >= 0.3 is 0 Å². The van der Waals surface area contributed by atoms with Crippen LogP contribution in [0, 0.1) is 0 Å². The van der Waals surface area contributed by atoms with E-state index < -0.39 is 11.9 Å². The van der Waals surface area contributed by atoms with E-state index in [2.05, 4.69) is 15.6 Å². The third kappa shape index (κ3) is 4.84. The Balaban J connectivity index is 1.86. The molecule has 3 rings (SSSR count). The Morgan fingerprint density at radius 2 is 1.48 bits per heavy atom. The van der Waals surface area contributed by atoms with E-state index in [0.29, 0.717) is 11.3 Å². The van der Waals surface area contributed by atoms with Gasteiger partial charge in [-0.1, -0.05) is 71.7 Å². The summed E-state index contributed by atoms with van der Waals surface area (Å²) in [6.45, 7) is 0. The van der Waals surface area contributed by atoms with Crippen LogP contribution in [0.2, 0.25) is 10.3 Å². The minimum atomic E-state index is -0.911. The number of aromatic nitrogens is 1. The van der Waals surface area contributed by atoms with E-state index in [1.165, 1.54) is 12.1 Å². The smallest absolute Gasteiger partial charge is 0.255 e. The van der Waals surface area contributed by atoms with E-state index >= 15 is 0 Å². The number of hydrogen-bond donors (Lipinski definition) is 2. The van der Waals surface area contributed by atoms with Gasteiger partial charge in [0.1, 0.15) is 16.3 Å². The topological polar surface area (TPSA) is 71.1 Å². The summed E-state index contributed by atoms with van der Waals surface area (Å²) >= 11 is 11.8. The Morgan fingerprint density at radius 1 is 0.852 bits per heavy atom. The molecule has 0 bridgehead atoms. The quantitative estimate of drug-likeness (QED) is 0.620. The van der Waals surface area contributed by atoms with Crippen molar-refractivity contribution in [2.75, 3.05) is 5.32 Å². The molecule has 0 fully saturated rings. The van der Waals surface area contributed by atoms with Crippen LogP contribution in [0.4, 0.5) is 5.69 Å². The second kappa shape index (κ2) is 8.66. The van der Waals surface area contributed by atoms with Crippen molar-refractivity contribution in [3.05, 3.63) is 94.2 Å². The Labute approximate surface area is 166 Å². The van der Waals surface area contributed by atoms with Crippen LogP contribution in [0.3, 0.4) is 0 Å². The number of pyridine rings is 1. The van der Waals surface area contributed by atoms with Crippen LogP contribution in [0.25, 0.3) is 0 Å². The van der Waals surface area contributed by atoms with Crippen LogP contribution in [-0.2, 0) is 4.79 Å². The zero-order chi connectivity index (χ0) is 19.2. The fourth-order valence-electron chi connectivity index (χ4n) is 2.47. The maximum absolute atomic E-state index is 12.8. The molecule has 0 aliphatic heterocycles. The summed E-state index contributed by atoms with van der Waals surface area (Å²) in [6, 6.07) is 20.0. The standard InChI is InChI=1S/C20H15Cl2N3O2/c21-16-12-11-15(18(22)24-16)19(26)25-17(13-7-3-1-4-8-13)20(27)23-14-9-5-2-6-10-14/h1-12,17H,(H,23,27)(H,25,26). The van der Waals surface area contributed by atoms with Crippen molar-refractivity contribution >= 4 is 40.7 Å². The molecule has 0 aliphatic rings. The fourth-order valence-corrected chi connectivity index (χ4v) is 2.90. The molecule has 3 aromatic rings. The molecule has 1 atom stereocenters. The van der Waals surface area contributed by atoms with Crippen LogP contribution in [0.15, 0.2) is 72.8 Å². The molecule has 0 saturated carbocycles. The van der Waals surface area contributed by atoms with E-state index in [4.69, 9.17) is 23.2 Å². The van der Waals surface area contributed by atoms with Gasteiger partial charge in [-0.15, -0.1) is 0 Å². The van der Waals surface area contributed by atoms with Gasteiger partial charge in [0.2, 0.25) is 0 Å². The first kappa shape index (κ1) is 18.9. The minimum absolute atomic E-state index is 0.0321. The third-order valence-electron chi connectivity index (χ3n) is 3.77. The highest BCUT2D eigenvalue weighted by Gasteiger charge is 2.24. The molecule has 7 heteroatoms. The van der Waals surface area contributed by atoms with Gasteiger partial charge < -0.3 is 10.6 Å². The molecule has 2 amide bonds. The van der Waals surface area contributed by atoms with Crippen molar-refractivity contribution in [2.45, 2.75) is 6.04 Å². The van der Waals surface area contributed by atoms with Crippen LogP contribution >= 0.6 is 23.2 Å². The Morgan fingerprint density at radius 3 is 2.11 bits per heavy atom. The monoisotopic (exact) mass is 399 g/mol. The van der Waals surface area contributed by atoms with Crippen molar-refractivity contribution in [3.8, 4) is 0 Å². The van der Waals surface area contributed by atoms with Gasteiger partial charge in [0.25, 0.3) is 11.8 Å². The second-order valence-electron chi connectivity index (χ2n) is 5.64. The summed E-state index contributed by atoms with van der Waals surface area (Å²) in [4.78, 5) is 29.3. The number of nitrogens with one attached hydrogen (secondary N) is 2. The number of amides is 2. The lowest BCUT2D eigenvalue weighted by Gasteiger charge is -2.19. The highest BCUT2D eigenvalue weighted by molar-refractivity contribution is 6.34. The van der Waals surface area contributed by atoms with Crippen LogP contribution in [0.5, 0.6) is 0 Å². The number of rotatable bonds is 5. The molecule has 1 aromatic heterocycles. The first-order valence-electron chi connectivity index (χ1n) is 8.08.